The van der Waals surface area contributed by atoms with Crippen LogP contribution in [-0.4, -0.2) is 0 Å². The van der Waals surface area contributed by atoms with E-state index < -0.39 is 4.59 Å². The molecule has 0 aromatic heterocycles. The van der Waals surface area contributed by atoms with E-state index in [4.69, 9.17) is 46.4 Å². The zero-order valence-corrected chi connectivity index (χ0v) is 8.65. The van der Waals surface area contributed by atoms with E-state index in [0.717, 1.165) is 0 Å². The molecule has 5 heteroatoms. The molecule has 0 aliphatic heterocycles. The second kappa shape index (κ2) is 3.59. The van der Waals surface area contributed by atoms with Crippen molar-refractivity contribution in [2.75, 3.05) is 0 Å². The Kier molecular flexibility index (Phi) is 3.11. The summed E-state index contributed by atoms with van der Waals surface area (Å²) in [4.78, 5) is 0. The summed E-state index contributed by atoms with van der Waals surface area (Å²) in [6.07, 6.45) is 0. The van der Waals surface area contributed by atoms with Crippen LogP contribution in [-0.2, 0) is 4.59 Å². The summed E-state index contributed by atoms with van der Waals surface area (Å²) in [6, 6.07) is 4.41. The van der Waals surface area contributed by atoms with Crippen molar-refractivity contribution in [2.24, 2.45) is 0 Å². The van der Waals surface area contributed by atoms with Crippen molar-refractivity contribution in [1.29, 1.82) is 0 Å². The highest BCUT2D eigenvalue weighted by atomic mass is 35.5. The van der Waals surface area contributed by atoms with Crippen LogP contribution >= 0.6 is 46.4 Å². The molecular formula is C7H3Cl4F. The maximum Gasteiger partial charge on any atom is 0.284 e. The third-order valence-electron chi connectivity index (χ3n) is 1.26. The number of halogens is 5. The van der Waals surface area contributed by atoms with Crippen LogP contribution in [0.15, 0.2) is 18.2 Å². The van der Waals surface area contributed by atoms with Gasteiger partial charge < -0.3 is 0 Å². The standard InChI is InChI=1S/C7H3Cl4F/c8-5-3-1-2-4(6(5)9)7(10,11)12/h1-3H. The summed E-state index contributed by atoms with van der Waals surface area (Å²) >= 11 is 21.6. The molecule has 0 unspecified atom stereocenters. The van der Waals surface area contributed by atoms with E-state index in [1.54, 1.807) is 0 Å². The molecule has 12 heavy (non-hydrogen) atoms. The van der Waals surface area contributed by atoms with E-state index in [0.29, 0.717) is 0 Å². The number of benzene rings is 1. The lowest BCUT2D eigenvalue weighted by Gasteiger charge is -2.11. The third kappa shape index (κ3) is 2.17. The van der Waals surface area contributed by atoms with Gasteiger partial charge in [0.25, 0.3) is 4.59 Å². The maximum absolute atomic E-state index is 12.9. The molecule has 1 rings (SSSR count). The molecule has 1 aromatic rings. The number of alkyl halides is 3. The molecule has 0 radical (unpaired) electrons. The van der Waals surface area contributed by atoms with Gasteiger partial charge in [-0.15, -0.1) is 0 Å². The fourth-order valence-electron chi connectivity index (χ4n) is 0.723. The molecule has 0 fully saturated rings. The second-order valence-electron chi connectivity index (χ2n) is 2.10. The van der Waals surface area contributed by atoms with E-state index in [-0.39, 0.29) is 15.6 Å². The van der Waals surface area contributed by atoms with Crippen molar-refractivity contribution in [2.45, 2.75) is 4.59 Å². The quantitative estimate of drug-likeness (QED) is 0.639. The summed E-state index contributed by atoms with van der Waals surface area (Å²) in [5, 5.41) is 0.254. The molecule has 0 aliphatic carbocycles. The van der Waals surface area contributed by atoms with Gasteiger partial charge in [0, 0.05) is 5.56 Å². The molecule has 0 bridgehead atoms. The average molecular weight is 248 g/mol. The lowest BCUT2D eigenvalue weighted by Crippen LogP contribution is -2.02. The van der Waals surface area contributed by atoms with Gasteiger partial charge in [-0.3, -0.25) is 0 Å². The Bertz CT molecular complexity index is 292. The maximum atomic E-state index is 12.9. The van der Waals surface area contributed by atoms with Crippen molar-refractivity contribution in [3.05, 3.63) is 33.8 Å². The minimum absolute atomic E-state index is 0.0340. The fourth-order valence-corrected chi connectivity index (χ4v) is 1.57. The summed E-state index contributed by atoms with van der Waals surface area (Å²) in [5.41, 5.74) is -0.0417. The zero-order valence-electron chi connectivity index (χ0n) is 5.62. The highest BCUT2D eigenvalue weighted by molar-refractivity contribution is 6.49. The second-order valence-corrected chi connectivity index (χ2v) is 4.12. The van der Waals surface area contributed by atoms with Gasteiger partial charge in [-0.05, 0) is 6.07 Å². The molecule has 1 aromatic carbocycles. The van der Waals surface area contributed by atoms with E-state index in [9.17, 15) is 4.39 Å². The molecule has 0 saturated heterocycles. The Labute approximate surface area is 89.2 Å². The Morgan fingerprint density at radius 2 is 1.75 bits per heavy atom. The SMILES string of the molecule is FC(Cl)(Cl)c1cccc(Cl)c1Cl. The third-order valence-corrected chi connectivity index (χ3v) is 2.48. The van der Waals surface area contributed by atoms with E-state index in [2.05, 4.69) is 0 Å². The van der Waals surface area contributed by atoms with Gasteiger partial charge in [-0.2, -0.15) is 0 Å². The first-order chi connectivity index (χ1) is 5.43. The molecule has 0 heterocycles. The first-order valence-corrected chi connectivity index (χ1v) is 4.45. The number of rotatable bonds is 1. The number of hydrogen-bond donors (Lipinski definition) is 0. The van der Waals surface area contributed by atoms with Crippen molar-refractivity contribution in [1.82, 2.24) is 0 Å². The van der Waals surface area contributed by atoms with Gasteiger partial charge in [0.1, 0.15) is 0 Å². The predicted molar refractivity (Wildman–Crippen MR) is 51.0 cm³/mol. The molecular weight excluding hydrogens is 245 g/mol. The summed E-state index contributed by atoms with van der Waals surface area (Å²) in [5.74, 6) is 0. The first-order valence-electron chi connectivity index (χ1n) is 2.94. The fraction of sp³-hybridized carbons (Fsp3) is 0.143. The molecule has 0 saturated carbocycles. The van der Waals surface area contributed by atoms with Crippen LogP contribution in [0.2, 0.25) is 10.0 Å². The highest BCUT2D eigenvalue weighted by Gasteiger charge is 2.28. The smallest absolute Gasteiger partial charge is 0.202 e. The van der Waals surface area contributed by atoms with Crippen molar-refractivity contribution < 1.29 is 4.39 Å². The Morgan fingerprint density at radius 3 is 2.17 bits per heavy atom. The Balaban J connectivity index is 3.26. The van der Waals surface area contributed by atoms with Gasteiger partial charge in [0.05, 0.1) is 10.0 Å². The van der Waals surface area contributed by atoms with E-state index >= 15 is 0 Å². The van der Waals surface area contributed by atoms with Gasteiger partial charge in [-0.1, -0.05) is 58.5 Å². The minimum Gasteiger partial charge on any atom is -0.202 e. The van der Waals surface area contributed by atoms with Gasteiger partial charge in [0.2, 0.25) is 0 Å². The first kappa shape index (κ1) is 10.4. The van der Waals surface area contributed by atoms with E-state index in [1.165, 1.54) is 18.2 Å². The molecule has 0 amide bonds. The molecule has 66 valence electrons. The minimum atomic E-state index is -2.50. The molecule has 0 spiro atoms. The number of hydrogen-bond acceptors (Lipinski definition) is 0. The molecule has 0 aliphatic rings. The van der Waals surface area contributed by atoms with Crippen LogP contribution in [0.25, 0.3) is 0 Å². The predicted octanol–water partition coefficient (Wildman–Crippen LogP) is 4.55. The van der Waals surface area contributed by atoms with Crippen molar-refractivity contribution in [3.8, 4) is 0 Å². The van der Waals surface area contributed by atoms with Gasteiger partial charge >= 0.3 is 0 Å². The van der Waals surface area contributed by atoms with Gasteiger partial charge in [-0.25, -0.2) is 4.39 Å². The molecule has 0 nitrogen and oxygen atoms in total. The van der Waals surface area contributed by atoms with Crippen LogP contribution in [0.3, 0.4) is 0 Å². The summed E-state index contributed by atoms with van der Waals surface area (Å²) < 4.78 is 10.5. The van der Waals surface area contributed by atoms with Crippen molar-refractivity contribution in [3.63, 3.8) is 0 Å². The molecule has 0 N–H and O–H groups in total. The zero-order chi connectivity index (χ0) is 9.35. The average Bonchev–Trinajstić information content (AvgIpc) is 1.92. The van der Waals surface area contributed by atoms with Crippen LogP contribution in [0.1, 0.15) is 5.56 Å². The lowest BCUT2D eigenvalue weighted by atomic mass is 10.2. The highest BCUT2D eigenvalue weighted by Crippen LogP contribution is 2.41. The lowest BCUT2D eigenvalue weighted by molar-refractivity contribution is 0.405. The topological polar surface area (TPSA) is 0 Å². The van der Waals surface area contributed by atoms with Crippen molar-refractivity contribution >= 4 is 46.4 Å². The van der Waals surface area contributed by atoms with Crippen LogP contribution in [0, 0.1) is 0 Å². The summed E-state index contributed by atoms with van der Waals surface area (Å²) in [6.45, 7) is 0. The Hall–Kier alpha value is 0.310. The van der Waals surface area contributed by atoms with Crippen LogP contribution in [0.5, 0.6) is 0 Å². The van der Waals surface area contributed by atoms with E-state index in [1.807, 2.05) is 0 Å². The largest absolute Gasteiger partial charge is 0.284 e. The van der Waals surface area contributed by atoms with Crippen LogP contribution in [0.4, 0.5) is 4.39 Å². The van der Waals surface area contributed by atoms with Gasteiger partial charge in [0.15, 0.2) is 0 Å². The normalized spacial score (nSPS) is 11.8. The Morgan fingerprint density at radius 1 is 1.17 bits per heavy atom. The molecule has 0 atom stereocenters. The monoisotopic (exact) mass is 246 g/mol. The summed E-state index contributed by atoms with van der Waals surface area (Å²) in [7, 11) is 0. The van der Waals surface area contributed by atoms with Crippen LogP contribution < -0.4 is 0 Å².